The van der Waals surface area contributed by atoms with Gasteiger partial charge in [-0.15, -0.1) is 0 Å². The molecule has 0 aliphatic carbocycles. The number of phenols is 1. The number of nitrogens with zero attached hydrogens (tertiary/aromatic N) is 1. The van der Waals surface area contributed by atoms with E-state index in [1.54, 1.807) is 4.90 Å². The molecule has 198 valence electrons. The first-order chi connectivity index (χ1) is 17.8. The van der Waals surface area contributed by atoms with Crippen LogP contribution < -0.4 is 9.47 Å². The fourth-order valence-electron chi connectivity index (χ4n) is 5.12. The molecule has 0 saturated heterocycles. The molecule has 0 bridgehead atoms. The minimum absolute atomic E-state index is 0.0727. The van der Waals surface area contributed by atoms with Crippen molar-refractivity contribution in [1.82, 2.24) is 4.90 Å². The third-order valence-corrected chi connectivity index (χ3v) is 7.37. The van der Waals surface area contributed by atoms with Crippen LogP contribution in [0.1, 0.15) is 85.3 Å². The monoisotopic (exact) mass is 512 g/mol. The number of carbonyl (C=O) groups excluding carboxylic acids is 1. The van der Waals surface area contributed by atoms with Crippen molar-refractivity contribution >= 4 is 11.6 Å². The van der Waals surface area contributed by atoms with E-state index < -0.39 is 0 Å². The predicted octanol–water partition coefficient (Wildman–Crippen LogP) is 6.48. The molecular weight excluding hydrogens is 476 g/mol. The highest BCUT2D eigenvalue weighted by Crippen LogP contribution is 2.41. The Balaban J connectivity index is 1.40. The highest BCUT2D eigenvalue weighted by molar-refractivity contribution is 6.05. The number of Topliss-reactive ketones (excluding diaryl/α,β-unsaturated/α-hetero) is 1. The van der Waals surface area contributed by atoms with E-state index in [4.69, 9.17) is 14.9 Å². The highest BCUT2D eigenvalue weighted by atomic mass is 16.5. The molecule has 3 aromatic rings. The second-order valence-corrected chi connectivity index (χ2v) is 12.3. The standard InChI is InChI=1S/C32H36N2O4/c1-31(2,3)24-11-21(12-25(29(24)36)32(4,5)6)26(35)16-34-15-22-13-27-28(14-23(22)30(34)33)38-18-20-10-8-7-9-19(20)17-37-27/h7-14,33,36H,15-18H2,1-6H3. The van der Waals surface area contributed by atoms with E-state index in [2.05, 4.69) is 0 Å². The summed E-state index contributed by atoms with van der Waals surface area (Å²) in [6.07, 6.45) is 0. The van der Waals surface area contributed by atoms with Crippen LogP contribution in [0.5, 0.6) is 17.2 Å². The maximum absolute atomic E-state index is 13.6. The summed E-state index contributed by atoms with van der Waals surface area (Å²) in [4.78, 5) is 15.4. The summed E-state index contributed by atoms with van der Waals surface area (Å²) in [5, 5.41) is 19.9. The summed E-state index contributed by atoms with van der Waals surface area (Å²) in [5.74, 6) is 1.73. The number of nitrogens with one attached hydrogen (secondary N) is 1. The van der Waals surface area contributed by atoms with Gasteiger partial charge in [0.15, 0.2) is 17.3 Å². The summed E-state index contributed by atoms with van der Waals surface area (Å²) < 4.78 is 12.2. The zero-order valence-corrected chi connectivity index (χ0v) is 23.1. The number of carbonyl (C=O) groups is 1. The Morgan fingerprint density at radius 1 is 0.868 bits per heavy atom. The van der Waals surface area contributed by atoms with Gasteiger partial charge < -0.3 is 19.5 Å². The Hall–Kier alpha value is -3.80. The van der Waals surface area contributed by atoms with Crippen LogP contribution in [0.15, 0.2) is 48.5 Å². The second kappa shape index (κ2) is 9.19. The van der Waals surface area contributed by atoms with E-state index in [-0.39, 0.29) is 28.9 Å². The molecule has 0 amide bonds. The van der Waals surface area contributed by atoms with Crippen LogP contribution in [-0.4, -0.2) is 28.2 Å². The Bertz CT molecular complexity index is 1410. The molecule has 6 nitrogen and oxygen atoms in total. The molecule has 0 fully saturated rings. The number of hydrogen-bond acceptors (Lipinski definition) is 5. The molecule has 0 radical (unpaired) electrons. The molecule has 2 aliphatic heterocycles. The van der Waals surface area contributed by atoms with Gasteiger partial charge in [0, 0.05) is 28.8 Å². The minimum atomic E-state index is -0.326. The maximum Gasteiger partial charge on any atom is 0.182 e. The lowest BCUT2D eigenvalue weighted by Gasteiger charge is -2.28. The smallest absolute Gasteiger partial charge is 0.182 e. The molecule has 0 unspecified atom stereocenters. The van der Waals surface area contributed by atoms with Crippen LogP contribution in [0.4, 0.5) is 0 Å². The lowest BCUT2D eigenvalue weighted by atomic mass is 9.78. The van der Waals surface area contributed by atoms with Gasteiger partial charge in [0.2, 0.25) is 0 Å². The number of fused-ring (bicyclic) bond motifs is 3. The fraction of sp³-hybridized carbons (Fsp3) is 0.375. The predicted molar refractivity (Wildman–Crippen MR) is 149 cm³/mol. The van der Waals surface area contributed by atoms with Crippen LogP contribution >= 0.6 is 0 Å². The van der Waals surface area contributed by atoms with Gasteiger partial charge in [0.1, 0.15) is 24.8 Å². The molecular formula is C32H36N2O4. The summed E-state index contributed by atoms with van der Waals surface area (Å²) in [6.45, 7) is 13.6. The lowest BCUT2D eigenvalue weighted by molar-refractivity contribution is 0.0962. The van der Waals surface area contributed by atoms with E-state index in [0.717, 1.165) is 33.4 Å². The fourth-order valence-corrected chi connectivity index (χ4v) is 5.12. The zero-order valence-electron chi connectivity index (χ0n) is 23.1. The Morgan fingerprint density at radius 3 is 1.92 bits per heavy atom. The van der Waals surface area contributed by atoms with Gasteiger partial charge in [-0.25, -0.2) is 0 Å². The van der Waals surface area contributed by atoms with Crippen molar-refractivity contribution in [3.05, 3.63) is 87.5 Å². The van der Waals surface area contributed by atoms with Crippen molar-refractivity contribution < 1.29 is 19.4 Å². The van der Waals surface area contributed by atoms with Gasteiger partial charge >= 0.3 is 0 Å². The second-order valence-electron chi connectivity index (χ2n) is 12.3. The lowest BCUT2D eigenvalue weighted by Crippen LogP contribution is -2.30. The Morgan fingerprint density at radius 2 is 1.39 bits per heavy atom. The molecule has 5 rings (SSSR count). The van der Waals surface area contributed by atoms with Crippen LogP contribution in [-0.2, 0) is 30.6 Å². The number of ether oxygens (including phenoxy) is 2. The van der Waals surface area contributed by atoms with Gasteiger partial charge in [-0.05, 0) is 51.8 Å². The number of rotatable bonds is 3. The zero-order chi connectivity index (χ0) is 27.4. The molecule has 0 atom stereocenters. The van der Waals surface area contributed by atoms with Crippen LogP contribution in [0, 0.1) is 5.41 Å². The van der Waals surface area contributed by atoms with E-state index in [1.165, 1.54) is 0 Å². The van der Waals surface area contributed by atoms with E-state index in [9.17, 15) is 9.90 Å². The van der Waals surface area contributed by atoms with E-state index in [0.29, 0.717) is 42.7 Å². The summed E-state index contributed by atoms with van der Waals surface area (Å²) in [5.41, 5.74) is 5.28. The first kappa shape index (κ1) is 25.8. The van der Waals surface area contributed by atoms with Gasteiger partial charge in [0.25, 0.3) is 0 Å². The van der Waals surface area contributed by atoms with Crippen molar-refractivity contribution in [2.75, 3.05) is 6.54 Å². The number of benzene rings is 3. The number of amidine groups is 1. The Kier molecular flexibility index (Phi) is 6.25. The normalized spacial score (nSPS) is 15.0. The van der Waals surface area contributed by atoms with Crippen molar-refractivity contribution in [3.8, 4) is 17.2 Å². The average Bonchev–Trinajstić information content (AvgIpc) is 3.12. The van der Waals surface area contributed by atoms with Crippen molar-refractivity contribution in [1.29, 1.82) is 5.41 Å². The van der Waals surface area contributed by atoms with Gasteiger partial charge in [0.05, 0.1) is 6.54 Å². The first-order valence-corrected chi connectivity index (χ1v) is 13.1. The maximum atomic E-state index is 13.6. The van der Waals surface area contributed by atoms with Gasteiger partial charge in [-0.1, -0.05) is 65.8 Å². The summed E-state index contributed by atoms with van der Waals surface area (Å²) in [6, 6.07) is 15.5. The highest BCUT2D eigenvalue weighted by Gasteiger charge is 2.31. The van der Waals surface area contributed by atoms with Crippen LogP contribution in [0.2, 0.25) is 0 Å². The molecule has 3 aromatic carbocycles. The van der Waals surface area contributed by atoms with Crippen LogP contribution in [0.3, 0.4) is 0 Å². The number of aromatic hydroxyl groups is 1. The minimum Gasteiger partial charge on any atom is -0.507 e. The molecule has 6 heteroatoms. The summed E-state index contributed by atoms with van der Waals surface area (Å²) in [7, 11) is 0. The van der Waals surface area contributed by atoms with Gasteiger partial charge in [-0.2, -0.15) is 0 Å². The molecule has 2 heterocycles. The molecule has 38 heavy (non-hydrogen) atoms. The van der Waals surface area contributed by atoms with Crippen molar-refractivity contribution in [3.63, 3.8) is 0 Å². The topological polar surface area (TPSA) is 82.9 Å². The largest absolute Gasteiger partial charge is 0.507 e. The summed E-state index contributed by atoms with van der Waals surface area (Å²) >= 11 is 0. The van der Waals surface area contributed by atoms with E-state index in [1.807, 2.05) is 90.1 Å². The average molecular weight is 513 g/mol. The molecule has 0 spiro atoms. The molecule has 2 aliphatic rings. The Labute approximate surface area is 224 Å². The third kappa shape index (κ3) is 4.75. The van der Waals surface area contributed by atoms with Crippen molar-refractivity contribution in [2.45, 2.75) is 72.1 Å². The molecule has 2 N–H and O–H groups in total. The van der Waals surface area contributed by atoms with Gasteiger partial charge in [-0.3, -0.25) is 10.2 Å². The van der Waals surface area contributed by atoms with Crippen molar-refractivity contribution in [2.24, 2.45) is 0 Å². The number of phenolic OH excluding ortho intramolecular Hbond substituents is 1. The molecule has 0 aromatic heterocycles. The first-order valence-electron chi connectivity index (χ1n) is 13.1. The quantitative estimate of drug-likeness (QED) is 0.392. The number of hydrogen-bond donors (Lipinski definition) is 2. The SMILES string of the molecule is CC(C)(C)c1cc(C(=O)CN2Cc3cc4c(cc3C2=N)OCc2ccccc2CO4)cc(C(C)(C)C)c1O. The molecule has 0 saturated carbocycles. The van der Waals surface area contributed by atoms with Crippen LogP contribution in [0.25, 0.3) is 0 Å². The third-order valence-electron chi connectivity index (χ3n) is 7.37. The number of ketones is 1. The van der Waals surface area contributed by atoms with E-state index >= 15 is 0 Å².